The molecule has 8 nitrogen and oxygen atoms in total. The number of fused-ring (bicyclic) bond motifs is 1. The van der Waals surface area contributed by atoms with Crippen LogP contribution in [0, 0.1) is 0 Å². The lowest BCUT2D eigenvalue weighted by atomic mass is 9.84. The Morgan fingerprint density at radius 2 is 2.00 bits per heavy atom. The standard InChI is InChI=1S/C23H32N5O3/c1-6-7-10-31-20-8-9-21-27(26-22(24)28(21)25-20)14-19(29)17-11-16(15-30-5)12-18(13-17)23(2,3)4/h8-9,11-13H,6-7,10,14-15H2,1-5H3,(H2,24,26)/q+1. The fraction of sp³-hybridized carbons (Fsp3) is 0.478. The van der Waals surface area contributed by atoms with Crippen molar-refractivity contribution in [3.63, 3.8) is 0 Å². The maximum absolute atomic E-state index is 13.1. The van der Waals surface area contributed by atoms with E-state index in [1.165, 1.54) is 4.52 Å². The molecule has 3 rings (SSSR count). The summed E-state index contributed by atoms with van der Waals surface area (Å²) in [4.78, 5) is 13.1. The van der Waals surface area contributed by atoms with Gasteiger partial charge in [-0.3, -0.25) is 4.79 Å². The van der Waals surface area contributed by atoms with Gasteiger partial charge in [0.1, 0.15) is 0 Å². The van der Waals surface area contributed by atoms with Gasteiger partial charge >= 0.3 is 11.6 Å². The second-order valence-electron chi connectivity index (χ2n) is 8.68. The zero-order valence-corrected chi connectivity index (χ0v) is 19.0. The molecule has 166 valence electrons. The van der Waals surface area contributed by atoms with Crippen molar-refractivity contribution in [2.45, 2.75) is 59.1 Å². The van der Waals surface area contributed by atoms with Gasteiger partial charge in [-0.1, -0.05) is 44.7 Å². The van der Waals surface area contributed by atoms with Crippen LogP contribution in [0.15, 0.2) is 30.3 Å². The summed E-state index contributed by atoms with van der Waals surface area (Å²) < 4.78 is 14.0. The Bertz CT molecular complexity index is 1070. The summed E-state index contributed by atoms with van der Waals surface area (Å²) in [5.74, 6) is 0.620. The maximum Gasteiger partial charge on any atom is 0.355 e. The summed E-state index contributed by atoms with van der Waals surface area (Å²) in [5.41, 5.74) is 9.25. The predicted octanol–water partition coefficient (Wildman–Crippen LogP) is 3.10. The Hall–Kier alpha value is -3.00. The number of hydrogen-bond acceptors (Lipinski definition) is 6. The number of nitrogen functional groups attached to an aromatic ring is 1. The minimum Gasteiger partial charge on any atom is -0.475 e. The van der Waals surface area contributed by atoms with Crippen LogP contribution in [0.1, 0.15) is 62.0 Å². The van der Waals surface area contributed by atoms with Crippen molar-refractivity contribution in [1.29, 1.82) is 0 Å². The van der Waals surface area contributed by atoms with E-state index in [1.54, 1.807) is 17.9 Å². The van der Waals surface area contributed by atoms with Crippen molar-refractivity contribution in [3.8, 4) is 5.88 Å². The summed E-state index contributed by atoms with van der Waals surface area (Å²) in [7, 11) is 1.65. The van der Waals surface area contributed by atoms with Crippen molar-refractivity contribution in [3.05, 3.63) is 47.0 Å². The van der Waals surface area contributed by atoms with Crippen molar-refractivity contribution in [2.75, 3.05) is 19.5 Å². The summed E-state index contributed by atoms with van der Waals surface area (Å²) in [6.45, 7) is 9.56. The number of carbonyl (C=O) groups is 1. The van der Waals surface area contributed by atoms with Crippen molar-refractivity contribution >= 4 is 17.4 Å². The highest BCUT2D eigenvalue weighted by molar-refractivity contribution is 5.95. The zero-order chi connectivity index (χ0) is 22.6. The Morgan fingerprint density at radius 1 is 1.23 bits per heavy atom. The van der Waals surface area contributed by atoms with Crippen LogP contribution in [-0.2, 0) is 23.3 Å². The number of carbonyl (C=O) groups excluding carboxylic acids is 1. The first-order valence-electron chi connectivity index (χ1n) is 10.6. The normalized spacial score (nSPS) is 11.8. The molecule has 0 aliphatic carbocycles. The second kappa shape index (κ2) is 9.43. The van der Waals surface area contributed by atoms with Gasteiger partial charge in [-0.25, -0.2) is 0 Å². The van der Waals surface area contributed by atoms with E-state index in [2.05, 4.69) is 44.0 Å². The molecule has 0 unspecified atom stereocenters. The highest BCUT2D eigenvalue weighted by atomic mass is 16.5. The number of ether oxygens (including phenoxy) is 2. The summed E-state index contributed by atoms with van der Waals surface area (Å²) in [6, 6.07) is 9.49. The fourth-order valence-corrected chi connectivity index (χ4v) is 3.26. The largest absolute Gasteiger partial charge is 0.475 e. The first-order chi connectivity index (χ1) is 14.7. The van der Waals surface area contributed by atoms with E-state index in [9.17, 15) is 4.79 Å². The smallest absolute Gasteiger partial charge is 0.355 e. The van der Waals surface area contributed by atoms with Crippen LogP contribution in [0.25, 0.3) is 5.65 Å². The number of Topliss-reactive ketones (excluding diaryl/α,β-unsaturated/α-hetero) is 1. The van der Waals surface area contributed by atoms with Gasteiger partial charge < -0.3 is 15.2 Å². The third kappa shape index (κ3) is 5.38. The number of rotatable bonds is 9. The molecule has 2 aromatic heterocycles. The predicted molar refractivity (Wildman–Crippen MR) is 118 cm³/mol. The number of aromatic nitrogens is 4. The van der Waals surface area contributed by atoms with E-state index >= 15 is 0 Å². The molecule has 0 aliphatic rings. The van der Waals surface area contributed by atoms with Gasteiger partial charge in [-0.2, -0.15) is 0 Å². The quantitative estimate of drug-likeness (QED) is 0.321. The number of hydrogen-bond donors (Lipinski definition) is 1. The topological polar surface area (TPSA) is 95.6 Å². The second-order valence-corrected chi connectivity index (χ2v) is 8.68. The van der Waals surface area contributed by atoms with Crippen LogP contribution < -0.4 is 15.2 Å². The first-order valence-corrected chi connectivity index (χ1v) is 10.6. The molecule has 2 heterocycles. The monoisotopic (exact) mass is 426 g/mol. The minimum absolute atomic E-state index is 0.0540. The molecule has 0 radical (unpaired) electrons. The molecule has 0 amide bonds. The number of nitrogens with two attached hydrogens (primary N) is 1. The van der Waals surface area contributed by atoms with Gasteiger partial charge in [0.25, 0.3) is 5.88 Å². The molecule has 3 aromatic rings. The molecule has 0 fully saturated rings. The fourth-order valence-electron chi connectivity index (χ4n) is 3.26. The lowest BCUT2D eigenvalue weighted by Gasteiger charge is -2.21. The number of unbranched alkanes of at least 4 members (excludes halogenated alkanes) is 1. The van der Waals surface area contributed by atoms with Crippen LogP contribution >= 0.6 is 0 Å². The van der Waals surface area contributed by atoms with Crippen LogP contribution in [-0.4, -0.2) is 34.2 Å². The highest BCUT2D eigenvalue weighted by Crippen LogP contribution is 2.25. The van der Waals surface area contributed by atoms with Crippen molar-refractivity contribution in [1.82, 2.24) is 14.7 Å². The Kier molecular flexibility index (Phi) is 6.90. The van der Waals surface area contributed by atoms with Crippen LogP contribution in [0.2, 0.25) is 0 Å². The molecule has 0 spiro atoms. The SMILES string of the molecule is CCCCOc1ccc2n(n1)c(N)n[n+]2CC(=O)c1cc(COC)cc(C(C)(C)C)c1. The number of ketones is 1. The lowest BCUT2D eigenvalue weighted by Crippen LogP contribution is -2.40. The summed E-state index contributed by atoms with van der Waals surface area (Å²) >= 11 is 0. The summed E-state index contributed by atoms with van der Waals surface area (Å²) in [5, 5.41) is 8.71. The van der Waals surface area contributed by atoms with E-state index in [4.69, 9.17) is 15.2 Å². The van der Waals surface area contributed by atoms with Gasteiger partial charge in [0, 0.05) is 24.8 Å². The summed E-state index contributed by atoms with van der Waals surface area (Å²) in [6.07, 6.45) is 1.99. The van der Waals surface area contributed by atoms with E-state index in [0.717, 1.165) is 24.0 Å². The van der Waals surface area contributed by atoms with E-state index in [0.29, 0.717) is 30.3 Å². The molecule has 31 heavy (non-hydrogen) atoms. The van der Waals surface area contributed by atoms with E-state index in [1.807, 2.05) is 18.2 Å². The zero-order valence-electron chi connectivity index (χ0n) is 19.0. The Labute approximate surface area is 183 Å². The molecular formula is C23H32N5O3+. The maximum atomic E-state index is 13.1. The van der Waals surface area contributed by atoms with Gasteiger partial charge in [0.15, 0.2) is 6.54 Å². The van der Waals surface area contributed by atoms with E-state index in [-0.39, 0.29) is 23.7 Å². The first kappa shape index (κ1) is 22.7. The van der Waals surface area contributed by atoms with Crippen molar-refractivity contribution < 1.29 is 19.0 Å². The van der Waals surface area contributed by atoms with E-state index < -0.39 is 0 Å². The Morgan fingerprint density at radius 3 is 2.68 bits per heavy atom. The number of nitrogens with zero attached hydrogens (tertiary/aromatic N) is 4. The molecule has 0 atom stereocenters. The molecule has 0 bridgehead atoms. The molecule has 1 aromatic carbocycles. The third-order valence-electron chi connectivity index (χ3n) is 5.03. The number of anilines is 1. The molecule has 0 aliphatic heterocycles. The third-order valence-corrected chi connectivity index (χ3v) is 5.03. The minimum atomic E-state index is -0.0877. The molecular weight excluding hydrogens is 394 g/mol. The van der Waals surface area contributed by atoms with Gasteiger partial charge in [0.2, 0.25) is 5.78 Å². The van der Waals surface area contributed by atoms with Gasteiger partial charge in [-0.05, 0) is 45.3 Å². The van der Waals surface area contributed by atoms with Gasteiger partial charge in [-0.15, -0.1) is 4.68 Å². The Balaban J connectivity index is 1.88. The molecule has 2 N–H and O–H groups in total. The number of benzene rings is 1. The van der Waals surface area contributed by atoms with Crippen LogP contribution in [0.4, 0.5) is 5.95 Å². The molecule has 0 saturated carbocycles. The average Bonchev–Trinajstić information content (AvgIpc) is 3.02. The number of methoxy groups -OCH3 is 1. The highest BCUT2D eigenvalue weighted by Gasteiger charge is 2.24. The van der Waals surface area contributed by atoms with Crippen molar-refractivity contribution in [2.24, 2.45) is 0 Å². The van der Waals surface area contributed by atoms with Crippen LogP contribution in [0.3, 0.4) is 0 Å². The van der Waals surface area contributed by atoms with Crippen LogP contribution in [0.5, 0.6) is 5.88 Å². The molecule has 8 heteroatoms. The molecule has 0 saturated heterocycles. The van der Waals surface area contributed by atoms with Gasteiger partial charge in [0.05, 0.1) is 13.2 Å². The lowest BCUT2D eigenvalue weighted by molar-refractivity contribution is -0.714. The average molecular weight is 427 g/mol.